The average molecular weight is 859 g/mol. The molecule has 0 atom stereocenters. The maximum absolute atomic E-state index is 12.4. The summed E-state index contributed by atoms with van der Waals surface area (Å²) in [5.74, 6) is -17.6. The third-order valence-electron chi connectivity index (χ3n) is 12.0. The van der Waals surface area contributed by atoms with Crippen molar-refractivity contribution in [2.75, 3.05) is 0 Å². The Bertz CT molecular complexity index is 3390. The van der Waals surface area contributed by atoms with Crippen molar-refractivity contribution in [1.82, 2.24) is 0 Å². The second-order valence-electron chi connectivity index (χ2n) is 15.4. The molecule has 1 heterocycles. The standard InChI is InChI=1S/C50H34O14/c51-38-33(39(52)35(37-43(56)47(60)50(63)48(61)44(37)57)40(53)34(38)36-41(54)45(58)49(62)46(59)42(36)55)32-24-13-6-4-11-22(24)30(23-12-5-7-14-25(23)32)26-15-8-16-29-31(26)27-19-21(17-18-28(27)64-29)20-9-2-1-3-10-20/h1-2,4-9,11-19,51-63H,3,10H2. The van der Waals surface area contributed by atoms with Crippen LogP contribution in [0.5, 0.6) is 74.7 Å². The fourth-order valence-corrected chi connectivity index (χ4v) is 9.03. The summed E-state index contributed by atoms with van der Waals surface area (Å²) in [5.41, 5.74) is -0.0232. The zero-order valence-corrected chi connectivity index (χ0v) is 33.0. The molecule has 14 heteroatoms. The molecule has 0 bridgehead atoms. The van der Waals surface area contributed by atoms with Gasteiger partial charge in [-0.25, -0.2) is 0 Å². The topological polar surface area (TPSA) is 276 Å². The Labute approximate surface area is 359 Å². The molecule has 8 aromatic carbocycles. The quantitative estimate of drug-likeness (QED) is 0.0436. The van der Waals surface area contributed by atoms with E-state index >= 15 is 0 Å². The highest BCUT2D eigenvalue weighted by Crippen LogP contribution is 2.66. The van der Waals surface area contributed by atoms with E-state index in [1.807, 2.05) is 36.4 Å². The first kappa shape index (κ1) is 39.1. The number of phenols is 13. The minimum Gasteiger partial charge on any atom is -0.506 e. The maximum Gasteiger partial charge on any atom is 0.208 e. The van der Waals surface area contributed by atoms with Gasteiger partial charge in [-0.2, -0.15) is 0 Å². The molecule has 0 unspecified atom stereocenters. The lowest BCUT2D eigenvalue weighted by molar-refractivity contribution is 0.329. The number of hydrogen-bond donors (Lipinski definition) is 13. The van der Waals surface area contributed by atoms with Crippen LogP contribution in [-0.4, -0.2) is 66.4 Å². The number of fused-ring (bicyclic) bond motifs is 5. The first-order valence-electron chi connectivity index (χ1n) is 19.7. The van der Waals surface area contributed by atoms with Gasteiger partial charge in [0.05, 0.1) is 27.8 Å². The van der Waals surface area contributed by atoms with Gasteiger partial charge in [-0.05, 0) is 74.8 Å². The first-order valence-corrected chi connectivity index (χ1v) is 19.7. The second-order valence-corrected chi connectivity index (χ2v) is 15.4. The van der Waals surface area contributed by atoms with Crippen LogP contribution in [0.15, 0.2) is 108 Å². The lowest BCUT2D eigenvalue weighted by Gasteiger charge is -2.24. The Morgan fingerprint density at radius 1 is 0.359 bits per heavy atom. The average Bonchev–Trinajstić information content (AvgIpc) is 3.69. The molecule has 1 aliphatic carbocycles. The summed E-state index contributed by atoms with van der Waals surface area (Å²) in [6.07, 6.45) is 8.00. The second kappa shape index (κ2) is 14.0. The van der Waals surface area contributed by atoms with Gasteiger partial charge in [0.2, 0.25) is 34.5 Å². The molecular weight excluding hydrogens is 825 g/mol. The summed E-state index contributed by atoms with van der Waals surface area (Å²) < 4.78 is 6.41. The van der Waals surface area contributed by atoms with Crippen molar-refractivity contribution in [3.8, 4) is 119 Å². The van der Waals surface area contributed by atoms with Crippen molar-refractivity contribution in [2.45, 2.75) is 12.8 Å². The van der Waals surface area contributed by atoms with Crippen molar-refractivity contribution in [2.24, 2.45) is 0 Å². The SMILES string of the molecule is Oc1c(O)c(O)c(-c2c(O)c(-c3c(O)c(O)c(O)c(O)c3O)c(O)c(-c3c4ccccc4c(-c4cccc5oc6ccc(C7=CC=CCC7)cc6c45)c4ccccc34)c2O)c(O)c1O. The summed E-state index contributed by atoms with van der Waals surface area (Å²) in [4.78, 5) is 0. The summed E-state index contributed by atoms with van der Waals surface area (Å²) in [5, 5.41) is 148. The lowest BCUT2D eigenvalue weighted by Crippen LogP contribution is -1.96. The number of benzene rings is 8. The van der Waals surface area contributed by atoms with Crippen LogP contribution in [0.1, 0.15) is 18.4 Å². The Morgan fingerprint density at radius 3 is 1.27 bits per heavy atom. The Balaban J connectivity index is 1.37. The molecule has 0 amide bonds. The predicted molar refractivity (Wildman–Crippen MR) is 238 cm³/mol. The van der Waals surface area contributed by atoms with Gasteiger partial charge in [-0.15, -0.1) is 0 Å². The molecule has 10 rings (SSSR count). The smallest absolute Gasteiger partial charge is 0.208 e. The number of phenolic OH excluding ortho intramolecular Hbond substituents is 13. The molecule has 0 spiro atoms. The first-order chi connectivity index (χ1) is 30.7. The molecule has 0 aliphatic heterocycles. The summed E-state index contributed by atoms with van der Waals surface area (Å²) in [7, 11) is 0. The highest BCUT2D eigenvalue weighted by Gasteiger charge is 2.37. The van der Waals surface area contributed by atoms with E-state index in [0.717, 1.165) is 34.7 Å². The highest BCUT2D eigenvalue weighted by molar-refractivity contribution is 6.27. The number of aromatic hydroxyl groups is 13. The molecule has 0 saturated heterocycles. The number of allylic oxidation sites excluding steroid dienone is 4. The Hall–Kier alpha value is -9.04. The van der Waals surface area contributed by atoms with Gasteiger partial charge in [-0.3, -0.25) is 0 Å². The van der Waals surface area contributed by atoms with Gasteiger partial charge in [0.25, 0.3) is 0 Å². The van der Waals surface area contributed by atoms with E-state index in [2.05, 4.69) is 18.2 Å². The van der Waals surface area contributed by atoms with E-state index in [-0.39, 0.29) is 5.56 Å². The third-order valence-corrected chi connectivity index (χ3v) is 12.0. The van der Waals surface area contributed by atoms with Crippen LogP contribution in [-0.2, 0) is 0 Å². The lowest BCUT2D eigenvalue weighted by atomic mass is 9.82. The van der Waals surface area contributed by atoms with Crippen LogP contribution < -0.4 is 0 Å². The predicted octanol–water partition coefficient (Wildman–Crippen LogP) is 10.5. The van der Waals surface area contributed by atoms with Crippen molar-refractivity contribution in [3.63, 3.8) is 0 Å². The molecule has 1 aromatic heterocycles. The fraction of sp³-hybridized carbons (Fsp3) is 0.0400. The van der Waals surface area contributed by atoms with Gasteiger partial charge in [0.1, 0.15) is 28.4 Å². The zero-order valence-electron chi connectivity index (χ0n) is 33.0. The van der Waals surface area contributed by atoms with E-state index < -0.39 is 103 Å². The molecule has 14 nitrogen and oxygen atoms in total. The highest BCUT2D eigenvalue weighted by atomic mass is 16.4. The van der Waals surface area contributed by atoms with Crippen LogP contribution in [0.3, 0.4) is 0 Å². The van der Waals surface area contributed by atoms with Gasteiger partial charge >= 0.3 is 0 Å². The number of rotatable bonds is 5. The Kier molecular flexibility index (Phi) is 8.56. The monoisotopic (exact) mass is 858 g/mol. The molecule has 9 aromatic rings. The van der Waals surface area contributed by atoms with Gasteiger partial charge < -0.3 is 70.8 Å². The van der Waals surface area contributed by atoms with Crippen LogP contribution in [0.2, 0.25) is 0 Å². The molecule has 0 radical (unpaired) electrons. The van der Waals surface area contributed by atoms with Crippen LogP contribution in [0, 0.1) is 0 Å². The van der Waals surface area contributed by atoms with E-state index in [1.54, 1.807) is 48.5 Å². The number of furan rings is 1. The van der Waals surface area contributed by atoms with Crippen molar-refractivity contribution >= 4 is 49.1 Å². The van der Waals surface area contributed by atoms with E-state index in [0.29, 0.717) is 38.3 Å². The van der Waals surface area contributed by atoms with Gasteiger partial charge in [0, 0.05) is 16.3 Å². The Morgan fingerprint density at radius 2 is 0.797 bits per heavy atom. The van der Waals surface area contributed by atoms with E-state index in [9.17, 15) is 66.4 Å². The van der Waals surface area contributed by atoms with Crippen molar-refractivity contribution < 1.29 is 70.8 Å². The minimum absolute atomic E-state index is 0.0219. The van der Waals surface area contributed by atoms with Crippen LogP contribution in [0.4, 0.5) is 0 Å². The van der Waals surface area contributed by atoms with Crippen LogP contribution >= 0.6 is 0 Å². The molecular formula is C50H34O14. The van der Waals surface area contributed by atoms with Crippen molar-refractivity contribution in [1.29, 1.82) is 0 Å². The third kappa shape index (κ3) is 5.32. The molecule has 64 heavy (non-hydrogen) atoms. The minimum atomic E-state index is -1.41. The molecule has 13 N–H and O–H groups in total. The van der Waals surface area contributed by atoms with E-state index in [1.165, 1.54) is 5.57 Å². The zero-order chi connectivity index (χ0) is 45.0. The van der Waals surface area contributed by atoms with Gasteiger partial charge in [0.15, 0.2) is 23.0 Å². The van der Waals surface area contributed by atoms with Crippen molar-refractivity contribution in [3.05, 3.63) is 109 Å². The normalized spacial score (nSPS) is 12.8. The molecule has 1 aliphatic rings. The summed E-state index contributed by atoms with van der Waals surface area (Å²) in [6, 6.07) is 25.5. The largest absolute Gasteiger partial charge is 0.506 e. The van der Waals surface area contributed by atoms with Crippen LogP contribution in [0.25, 0.3) is 93.6 Å². The summed E-state index contributed by atoms with van der Waals surface area (Å²) >= 11 is 0. The summed E-state index contributed by atoms with van der Waals surface area (Å²) in [6.45, 7) is 0. The molecule has 0 fully saturated rings. The molecule has 318 valence electrons. The number of hydrogen-bond acceptors (Lipinski definition) is 14. The fourth-order valence-electron chi connectivity index (χ4n) is 9.03. The maximum atomic E-state index is 12.4. The molecule has 0 saturated carbocycles. The van der Waals surface area contributed by atoms with Gasteiger partial charge in [-0.1, -0.05) is 85.0 Å². The van der Waals surface area contributed by atoms with E-state index in [4.69, 9.17) is 4.42 Å².